The van der Waals surface area contributed by atoms with Gasteiger partial charge < -0.3 is 61.2 Å². The summed E-state index contributed by atoms with van der Waals surface area (Å²) in [6.07, 6.45) is 23.9. The summed E-state index contributed by atoms with van der Waals surface area (Å²) in [5.74, 6) is 4.87. The summed E-state index contributed by atoms with van der Waals surface area (Å²) in [4.78, 5) is 14.1. The third kappa shape index (κ3) is 28.2. The van der Waals surface area contributed by atoms with Crippen LogP contribution in [0.1, 0.15) is 184 Å². The molecule has 1 aliphatic rings. The van der Waals surface area contributed by atoms with Crippen LogP contribution in [-0.2, 0) is 37.3 Å². The number of amides is 1. The first-order valence-corrected chi connectivity index (χ1v) is 47.2. The molecule has 1 heterocycles. The van der Waals surface area contributed by atoms with Crippen LogP contribution in [-0.4, -0.2) is 101 Å². The maximum Gasteiger partial charge on any atom is 0.266 e. The Hall–Kier alpha value is -3.84. The smallest absolute Gasteiger partial charge is 0.266 e. The zero-order valence-electron chi connectivity index (χ0n) is 71.1. The number of fused-ring (bicyclic) bond motifs is 1. The number of anilines is 1. The standard InChI is InChI=1S/C49H76O3PSi.C42H71NO6Si.HI/c1-15-16-26-38(3)42(7)43(8)48(52-54(13,14)49(9,10)11)40(5)34-37(2)33-39(4)47(51-36-50-12)41(6)35-53(44-27-20-17-21-28-44,45-29-22-18-23-30-45)46-31-24-19-25-32-46;1-16-17-18-30(3)34(7)35(8)41(49-50(14,15)42(9,10)11)33(6)24-29(2)23-32(5)40(48-28-46-13)31(4)19-20-36-21-22-38-37(25-36)43(27-45-12)39(44)26-47-38;/h16-33,38-43,47-48H,15,34-36H2,1-14H3;17-23,25,30-35,40-41H,16,24,26-28H2,1-15H3;1H/q+1;;/p-1/b26-16-,37-33-;18-17-,20-19-,29-23-;/t38?,39-,40-,41?,42-,43+,47+,48+;30?,31?,32-,33-,34-,35+,40-,41+;/m00./s1. The van der Waals surface area contributed by atoms with E-state index >= 15 is 0 Å². The highest BCUT2D eigenvalue weighted by Gasteiger charge is 2.49. The normalized spacial score (nSPS) is 18.4. The number of ether oxygens (including phenoxy) is 6. The van der Waals surface area contributed by atoms with E-state index in [1.807, 2.05) is 18.2 Å². The Morgan fingerprint density at radius 3 is 1.30 bits per heavy atom. The molecule has 10 nitrogen and oxygen atoms in total. The van der Waals surface area contributed by atoms with Gasteiger partial charge >= 0.3 is 0 Å². The lowest BCUT2D eigenvalue weighted by molar-refractivity contribution is -0.122. The summed E-state index contributed by atoms with van der Waals surface area (Å²) in [6, 6.07) is 39.5. The average Bonchev–Trinajstić information content (AvgIpc) is 0.751. The van der Waals surface area contributed by atoms with Crippen LogP contribution in [0.25, 0.3) is 6.08 Å². The lowest BCUT2D eigenvalue weighted by Gasteiger charge is -2.44. The predicted molar refractivity (Wildman–Crippen MR) is 454 cm³/mol. The number of rotatable bonds is 41. The van der Waals surface area contributed by atoms with Gasteiger partial charge in [-0.1, -0.05) is 259 Å². The summed E-state index contributed by atoms with van der Waals surface area (Å²) < 4.78 is 49.5. The van der Waals surface area contributed by atoms with Crippen molar-refractivity contribution >= 4 is 57.5 Å². The largest absolute Gasteiger partial charge is 1.00 e. The minimum atomic E-state index is -2.03. The molecule has 4 unspecified atom stereocenters. The van der Waals surface area contributed by atoms with Gasteiger partial charge in [0, 0.05) is 45.0 Å². The SMILES string of the molecule is CC/C=C\C(C)[C@H](C)[C@@H](C)[C@H](O[Si](C)(C)C(C)(C)C)[C@@H](C)C/C(C)=C\[C@H](C)[C@@H](OCOC)C(C)/C=C\c1ccc2c(c1)N(COC)C(=O)CO2.CC/C=C\C(C)[C@H](C)[C@@H](C)[C@H](O[Si](C)(C)C(C)(C)C)[C@@H](C)C/C(C)=C\[C@H](C)[C@@H](OCOC)C(C)C[P+](c1ccccc1)(c1ccccc1)c1ccccc1.[I-]. The topological polar surface area (TPSA) is 94.2 Å². The molecule has 0 aromatic heterocycles. The van der Waals surface area contributed by atoms with E-state index in [4.69, 9.17) is 37.3 Å². The molecule has 0 N–H and O–H groups in total. The molecule has 16 atom stereocenters. The minimum absolute atomic E-state index is 0. The Bertz CT molecular complexity index is 3170. The number of halogens is 1. The average molecular weight is 1610 g/mol. The lowest BCUT2D eigenvalue weighted by atomic mass is 9.77. The highest BCUT2D eigenvalue weighted by Crippen LogP contribution is 2.57. The van der Waals surface area contributed by atoms with E-state index in [-0.39, 0.29) is 115 Å². The second kappa shape index (κ2) is 45.5. The van der Waals surface area contributed by atoms with Gasteiger partial charge in [-0.05, 0) is 177 Å². The van der Waals surface area contributed by atoms with Crippen molar-refractivity contribution in [2.45, 2.75) is 239 Å². The quantitative estimate of drug-likeness (QED) is 0.0142. The monoisotopic (exact) mass is 1610 g/mol. The summed E-state index contributed by atoms with van der Waals surface area (Å²) in [5, 5.41) is 4.51. The fourth-order valence-electron chi connectivity index (χ4n) is 14.8. The van der Waals surface area contributed by atoms with Crippen molar-refractivity contribution in [3.05, 3.63) is 168 Å². The molecule has 0 bridgehead atoms. The fraction of sp³-hybridized carbons (Fsp3) is 0.615. The van der Waals surface area contributed by atoms with Crippen LogP contribution in [0, 0.1) is 71.0 Å². The molecule has 0 aliphatic carbocycles. The third-order valence-electron chi connectivity index (χ3n) is 23.5. The third-order valence-corrected chi connectivity index (χ3v) is 37.1. The van der Waals surface area contributed by atoms with Gasteiger partial charge in [-0.25, -0.2) is 0 Å². The summed E-state index contributed by atoms with van der Waals surface area (Å²) in [6.45, 7) is 61.7. The van der Waals surface area contributed by atoms with E-state index in [0.29, 0.717) is 53.1 Å². The second-order valence-electron chi connectivity index (χ2n) is 34.1. The molecule has 1 amide bonds. The molecule has 0 spiro atoms. The van der Waals surface area contributed by atoms with Crippen molar-refractivity contribution in [2.24, 2.45) is 71.0 Å². The minimum Gasteiger partial charge on any atom is -1.00 e. The van der Waals surface area contributed by atoms with E-state index in [2.05, 4.69) is 318 Å². The molecule has 14 heteroatoms. The van der Waals surface area contributed by atoms with Crippen molar-refractivity contribution < 1.29 is 66.0 Å². The van der Waals surface area contributed by atoms with Crippen LogP contribution >= 0.6 is 7.26 Å². The highest BCUT2D eigenvalue weighted by atomic mass is 127. The van der Waals surface area contributed by atoms with E-state index < -0.39 is 23.9 Å². The Balaban J connectivity index is 0.000000542. The first kappa shape index (κ1) is 95.4. The molecular formula is C91H147INO9PSi2. The van der Waals surface area contributed by atoms with Gasteiger partial charge in [0.15, 0.2) is 23.2 Å². The number of hydrogen-bond donors (Lipinski definition) is 0. The molecule has 0 saturated heterocycles. The van der Waals surface area contributed by atoms with Crippen molar-refractivity contribution in [1.29, 1.82) is 0 Å². The Morgan fingerprint density at radius 2 is 0.914 bits per heavy atom. The van der Waals surface area contributed by atoms with Gasteiger partial charge in [-0.3, -0.25) is 9.69 Å². The van der Waals surface area contributed by atoms with E-state index in [9.17, 15) is 4.79 Å². The molecule has 105 heavy (non-hydrogen) atoms. The van der Waals surface area contributed by atoms with Crippen LogP contribution < -0.4 is 49.5 Å². The number of hydrogen-bond acceptors (Lipinski definition) is 9. The number of methoxy groups -OCH3 is 3. The van der Waals surface area contributed by atoms with Crippen LogP contribution in [0.15, 0.2) is 163 Å². The second-order valence-corrected chi connectivity index (χ2v) is 47.2. The Morgan fingerprint density at radius 1 is 0.514 bits per heavy atom. The first-order chi connectivity index (χ1) is 48.9. The molecule has 1 aliphatic heterocycles. The molecule has 4 aromatic rings. The number of carbonyl (C=O) groups excluding carboxylic acids is 1. The van der Waals surface area contributed by atoms with Crippen LogP contribution in [0.5, 0.6) is 5.75 Å². The van der Waals surface area contributed by atoms with E-state index in [0.717, 1.165) is 43.1 Å². The number of benzene rings is 4. The van der Waals surface area contributed by atoms with E-state index in [1.54, 1.807) is 26.2 Å². The molecule has 0 saturated carbocycles. The molecule has 590 valence electrons. The molecular weight excluding hydrogens is 1470 g/mol. The maximum atomic E-state index is 12.5. The highest BCUT2D eigenvalue weighted by molar-refractivity contribution is 7.95. The molecule has 0 fully saturated rings. The Labute approximate surface area is 662 Å². The van der Waals surface area contributed by atoms with Crippen molar-refractivity contribution in [3.8, 4) is 5.75 Å². The fourth-order valence-corrected chi connectivity index (χ4v) is 22.4. The summed E-state index contributed by atoms with van der Waals surface area (Å²) in [7, 11) is -1.06. The van der Waals surface area contributed by atoms with Crippen molar-refractivity contribution in [2.75, 3.05) is 59.3 Å². The van der Waals surface area contributed by atoms with Gasteiger partial charge in [0.25, 0.3) is 5.91 Å². The van der Waals surface area contributed by atoms with Crippen LogP contribution in [0.3, 0.4) is 0 Å². The molecule has 0 radical (unpaired) electrons. The zero-order valence-corrected chi connectivity index (χ0v) is 76.1. The number of allylic oxidation sites excluding steroid dienone is 6. The molecule has 5 rings (SSSR count). The van der Waals surface area contributed by atoms with Gasteiger partial charge in [-0.2, -0.15) is 0 Å². The maximum absolute atomic E-state index is 12.5. The summed E-state index contributed by atoms with van der Waals surface area (Å²) in [5.41, 5.74) is 4.46. The number of carbonyl (C=O) groups is 1. The lowest BCUT2D eigenvalue weighted by Crippen LogP contribution is -3.00. The van der Waals surface area contributed by atoms with Crippen molar-refractivity contribution in [3.63, 3.8) is 0 Å². The van der Waals surface area contributed by atoms with Crippen molar-refractivity contribution in [1.82, 2.24) is 0 Å². The van der Waals surface area contributed by atoms with Gasteiger partial charge in [-0.15, -0.1) is 0 Å². The van der Waals surface area contributed by atoms with E-state index in [1.165, 1.54) is 27.1 Å². The molecule has 4 aromatic carbocycles. The first-order valence-electron chi connectivity index (χ1n) is 39.4. The Kier molecular flexibility index (Phi) is 41.3. The summed E-state index contributed by atoms with van der Waals surface area (Å²) >= 11 is 0. The predicted octanol–water partition coefficient (Wildman–Crippen LogP) is 20.0. The van der Waals surface area contributed by atoms with Gasteiger partial charge in [0.05, 0.1) is 36.3 Å². The van der Waals surface area contributed by atoms with Gasteiger partial charge in [0.2, 0.25) is 0 Å². The van der Waals surface area contributed by atoms with Gasteiger partial charge in [0.1, 0.15) is 49.2 Å². The van der Waals surface area contributed by atoms with Crippen LogP contribution in [0.4, 0.5) is 5.69 Å². The zero-order chi connectivity index (χ0) is 77.9. The van der Waals surface area contributed by atoms with Crippen LogP contribution in [0.2, 0.25) is 36.3 Å². The number of nitrogens with zero attached hydrogens (tertiary/aromatic N) is 1.